The molecule has 6 N–H and O–H groups in total. The molecule has 10 heteroatoms. The van der Waals surface area contributed by atoms with Crippen molar-refractivity contribution in [2.45, 2.75) is 32.8 Å². The summed E-state index contributed by atoms with van der Waals surface area (Å²) in [4.78, 5) is 35.6. The van der Waals surface area contributed by atoms with Gasteiger partial charge in [0.2, 0.25) is 5.91 Å². The number of aromatic nitrogens is 3. The highest BCUT2D eigenvalue weighted by molar-refractivity contribution is 6.10. The van der Waals surface area contributed by atoms with E-state index in [9.17, 15) is 14.7 Å². The Morgan fingerprint density at radius 2 is 1.97 bits per heavy atom. The lowest BCUT2D eigenvalue weighted by Crippen LogP contribution is -2.40. The molecular weight excluding hydrogens is 410 g/mol. The van der Waals surface area contributed by atoms with E-state index < -0.39 is 12.0 Å². The maximum absolute atomic E-state index is 12.3. The van der Waals surface area contributed by atoms with Crippen LogP contribution in [0.1, 0.15) is 37.0 Å². The molecule has 10 nitrogen and oxygen atoms in total. The fourth-order valence-corrected chi connectivity index (χ4v) is 4.66. The summed E-state index contributed by atoms with van der Waals surface area (Å²) in [7, 11) is 1.65. The highest BCUT2D eigenvalue weighted by Gasteiger charge is 2.31. The van der Waals surface area contributed by atoms with Crippen molar-refractivity contribution in [1.82, 2.24) is 19.9 Å². The molecular formula is C22H29N7O3. The van der Waals surface area contributed by atoms with Crippen molar-refractivity contribution >= 4 is 40.3 Å². The number of carbonyl (C=O) groups is 2. The molecule has 1 saturated heterocycles. The standard InChI is InChI=1S/C22H29N7O3/c1-11-4-5-14(30)12(2)18(11)29-19(23)16(20(24)31)17-21(29)26-10-15(27-17)28-8-6-13(7-9-28)22(32)25-3/h4-5,10,12-14,30H,6-9,23H2,1-3H3,(H2,24,31)(H,25,32)/t12?,14-/m1/s1. The Morgan fingerprint density at radius 3 is 2.59 bits per heavy atom. The van der Waals surface area contributed by atoms with Gasteiger partial charge in [0.25, 0.3) is 5.91 Å². The fraction of sp³-hybridized carbons (Fsp3) is 0.455. The van der Waals surface area contributed by atoms with E-state index >= 15 is 0 Å². The van der Waals surface area contributed by atoms with Crippen LogP contribution in [0.15, 0.2) is 23.9 Å². The van der Waals surface area contributed by atoms with Gasteiger partial charge in [0.05, 0.1) is 12.3 Å². The normalized spacial score (nSPS) is 21.9. The topological polar surface area (TPSA) is 152 Å². The second-order valence-electron chi connectivity index (χ2n) is 8.44. The highest BCUT2D eigenvalue weighted by Crippen LogP contribution is 2.37. The van der Waals surface area contributed by atoms with Crippen molar-refractivity contribution in [3.63, 3.8) is 0 Å². The summed E-state index contributed by atoms with van der Waals surface area (Å²) < 4.78 is 1.68. The lowest BCUT2D eigenvalue weighted by atomic mass is 9.91. The van der Waals surface area contributed by atoms with Crippen LogP contribution >= 0.6 is 0 Å². The van der Waals surface area contributed by atoms with Crippen molar-refractivity contribution in [2.24, 2.45) is 17.6 Å². The maximum Gasteiger partial charge on any atom is 0.254 e. The number of hydrogen-bond acceptors (Lipinski definition) is 7. The number of fused-ring (bicyclic) bond motifs is 1. The van der Waals surface area contributed by atoms with Crippen molar-refractivity contribution in [2.75, 3.05) is 30.8 Å². The highest BCUT2D eigenvalue weighted by atomic mass is 16.3. The summed E-state index contributed by atoms with van der Waals surface area (Å²) in [6.45, 7) is 5.11. The Kier molecular flexibility index (Phi) is 5.64. The van der Waals surface area contributed by atoms with Crippen molar-refractivity contribution in [3.8, 4) is 0 Å². The van der Waals surface area contributed by atoms with Gasteiger partial charge in [0, 0.05) is 37.7 Å². The maximum atomic E-state index is 12.3. The summed E-state index contributed by atoms with van der Waals surface area (Å²) in [6.07, 6.45) is 5.94. The van der Waals surface area contributed by atoms with Crippen LogP contribution in [0.5, 0.6) is 0 Å². The number of amides is 2. The monoisotopic (exact) mass is 439 g/mol. The minimum atomic E-state index is -0.686. The molecule has 0 saturated carbocycles. The van der Waals surface area contributed by atoms with Gasteiger partial charge >= 0.3 is 0 Å². The molecule has 0 spiro atoms. The summed E-state index contributed by atoms with van der Waals surface area (Å²) in [6, 6.07) is 0. The molecule has 2 aromatic heterocycles. The van der Waals surface area contributed by atoms with Gasteiger partial charge in [-0.3, -0.25) is 14.2 Å². The zero-order chi connectivity index (χ0) is 23.2. The van der Waals surface area contributed by atoms with Crippen molar-refractivity contribution in [3.05, 3.63) is 29.5 Å². The molecule has 0 bridgehead atoms. The lowest BCUT2D eigenvalue weighted by Gasteiger charge is -2.31. The number of nitrogens with one attached hydrogen (secondary N) is 1. The van der Waals surface area contributed by atoms with Gasteiger partial charge in [-0.05, 0) is 25.3 Å². The number of aliphatic hydroxyl groups excluding tert-OH is 1. The number of allylic oxidation sites excluding steroid dienone is 2. The van der Waals surface area contributed by atoms with Crippen molar-refractivity contribution in [1.29, 1.82) is 0 Å². The molecule has 4 rings (SSSR count). The van der Waals surface area contributed by atoms with Gasteiger partial charge in [-0.15, -0.1) is 0 Å². The Labute approximate surface area is 186 Å². The van der Waals surface area contributed by atoms with Crippen LogP contribution < -0.4 is 21.7 Å². The third kappa shape index (κ3) is 3.50. The van der Waals surface area contributed by atoms with E-state index in [1.165, 1.54) is 0 Å². The minimum Gasteiger partial charge on any atom is -0.388 e. The molecule has 32 heavy (non-hydrogen) atoms. The predicted octanol–water partition coefficient (Wildman–Crippen LogP) is 0.873. The number of hydrogen-bond donors (Lipinski definition) is 4. The van der Waals surface area contributed by atoms with E-state index in [-0.39, 0.29) is 29.1 Å². The molecule has 1 aliphatic carbocycles. The smallest absolute Gasteiger partial charge is 0.254 e. The Bertz CT molecular complexity index is 1140. The summed E-state index contributed by atoms with van der Waals surface area (Å²) in [5.41, 5.74) is 14.6. The summed E-state index contributed by atoms with van der Waals surface area (Å²) in [5, 5.41) is 13.1. The Balaban J connectivity index is 1.78. The molecule has 170 valence electrons. The number of piperidine rings is 1. The molecule has 1 aliphatic heterocycles. The van der Waals surface area contributed by atoms with Crippen LogP contribution in [0, 0.1) is 11.8 Å². The zero-order valence-corrected chi connectivity index (χ0v) is 18.5. The van der Waals surface area contributed by atoms with Gasteiger partial charge in [-0.25, -0.2) is 9.97 Å². The van der Waals surface area contributed by atoms with Gasteiger partial charge in [0.15, 0.2) is 5.65 Å². The average Bonchev–Trinajstić information content (AvgIpc) is 3.07. The van der Waals surface area contributed by atoms with E-state index in [1.807, 2.05) is 24.8 Å². The summed E-state index contributed by atoms with van der Waals surface area (Å²) in [5.74, 6) is -0.152. The molecule has 1 unspecified atom stereocenters. The van der Waals surface area contributed by atoms with Gasteiger partial charge in [-0.2, -0.15) is 0 Å². The second kappa shape index (κ2) is 8.27. The van der Waals surface area contributed by atoms with Crippen molar-refractivity contribution < 1.29 is 14.7 Å². The van der Waals surface area contributed by atoms with Crippen LogP contribution in [0.3, 0.4) is 0 Å². The second-order valence-corrected chi connectivity index (χ2v) is 8.44. The molecule has 2 aliphatic rings. The number of nitrogens with zero attached hydrogens (tertiary/aromatic N) is 4. The Morgan fingerprint density at radius 1 is 1.28 bits per heavy atom. The number of aliphatic hydroxyl groups is 1. The fourth-order valence-electron chi connectivity index (χ4n) is 4.66. The molecule has 0 radical (unpaired) electrons. The van der Waals surface area contributed by atoms with Crippen LogP contribution in [-0.4, -0.2) is 57.7 Å². The predicted molar refractivity (Wildman–Crippen MR) is 123 cm³/mol. The largest absolute Gasteiger partial charge is 0.388 e. The van der Waals surface area contributed by atoms with Crippen LogP contribution in [0.25, 0.3) is 16.9 Å². The van der Waals surface area contributed by atoms with E-state index in [1.54, 1.807) is 23.9 Å². The first-order chi connectivity index (χ1) is 15.2. The van der Waals surface area contributed by atoms with Gasteiger partial charge in [-0.1, -0.05) is 19.1 Å². The third-order valence-corrected chi connectivity index (χ3v) is 6.50. The van der Waals surface area contributed by atoms with E-state index in [0.29, 0.717) is 42.9 Å². The number of primary amides is 1. The summed E-state index contributed by atoms with van der Waals surface area (Å²) >= 11 is 0. The number of nitrogen functional groups attached to an aromatic ring is 1. The Hall–Kier alpha value is -3.40. The first-order valence-corrected chi connectivity index (χ1v) is 10.7. The SMILES string of the molecule is CNC(=O)C1CCN(c2cnc3c(n2)c(C(N)=O)c(N)n3C2=C(C)C=C[C@@H](O)C2C)CC1. The van der Waals surface area contributed by atoms with Gasteiger partial charge in [0.1, 0.15) is 22.7 Å². The lowest BCUT2D eigenvalue weighted by molar-refractivity contribution is -0.125. The number of nitrogens with two attached hydrogens (primary N) is 2. The molecule has 1 fully saturated rings. The minimum absolute atomic E-state index is 0.0203. The number of anilines is 2. The molecule has 2 aromatic rings. The molecule has 2 amide bonds. The average molecular weight is 440 g/mol. The zero-order valence-electron chi connectivity index (χ0n) is 18.5. The first-order valence-electron chi connectivity index (χ1n) is 10.7. The third-order valence-electron chi connectivity index (χ3n) is 6.50. The molecule has 0 aromatic carbocycles. The first kappa shape index (κ1) is 21.8. The van der Waals surface area contributed by atoms with E-state index in [4.69, 9.17) is 16.5 Å². The number of carbonyl (C=O) groups excluding carboxylic acids is 2. The van der Waals surface area contributed by atoms with Crippen LogP contribution in [0.2, 0.25) is 0 Å². The van der Waals surface area contributed by atoms with Crippen LogP contribution in [0.4, 0.5) is 11.6 Å². The molecule has 2 atom stereocenters. The van der Waals surface area contributed by atoms with Gasteiger partial charge < -0.3 is 26.8 Å². The van der Waals surface area contributed by atoms with Crippen LogP contribution in [-0.2, 0) is 4.79 Å². The van der Waals surface area contributed by atoms with E-state index in [2.05, 4.69) is 10.3 Å². The quantitative estimate of drug-likeness (QED) is 0.551. The van der Waals surface area contributed by atoms with E-state index in [0.717, 1.165) is 11.3 Å². The number of rotatable bonds is 4. The molecule has 3 heterocycles.